The summed E-state index contributed by atoms with van der Waals surface area (Å²) in [4.78, 5) is 7.26. The molecule has 0 radical (unpaired) electrons. The second-order valence-electron chi connectivity index (χ2n) is 8.77. The highest BCUT2D eigenvalue weighted by Crippen LogP contribution is 2.42. The van der Waals surface area contributed by atoms with Crippen molar-refractivity contribution in [2.75, 3.05) is 36.6 Å². The Hall–Kier alpha value is -2.69. The second-order valence-corrected chi connectivity index (χ2v) is 10.8. The van der Waals surface area contributed by atoms with Gasteiger partial charge in [0.1, 0.15) is 11.6 Å². The van der Waals surface area contributed by atoms with Crippen LogP contribution in [-0.2, 0) is 9.84 Å². The molecule has 0 unspecified atom stereocenters. The van der Waals surface area contributed by atoms with Crippen molar-refractivity contribution in [1.29, 1.82) is 0 Å². The molecule has 1 aliphatic carbocycles. The lowest BCUT2D eigenvalue weighted by molar-refractivity contribution is 0.0748. The first-order chi connectivity index (χ1) is 15.4. The lowest BCUT2D eigenvalue weighted by Gasteiger charge is -2.30. The summed E-state index contributed by atoms with van der Waals surface area (Å²) < 4.78 is 25.7. The van der Waals surface area contributed by atoms with Gasteiger partial charge in [0.25, 0.3) is 0 Å². The van der Waals surface area contributed by atoms with Crippen molar-refractivity contribution in [3.8, 4) is 0 Å². The first kappa shape index (κ1) is 21.2. The summed E-state index contributed by atoms with van der Waals surface area (Å²) >= 11 is 0. The van der Waals surface area contributed by atoms with Gasteiger partial charge in [-0.05, 0) is 49.8 Å². The molecule has 32 heavy (non-hydrogen) atoms. The minimum absolute atomic E-state index is 0.258. The number of nitrogens with zero attached hydrogens (tertiary/aromatic N) is 4. The van der Waals surface area contributed by atoms with Crippen molar-refractivity contribution in [3.05, 3.63) is 42.1 Å². The van der Waals surface area contributed by atoms with E-state index in [1.165, 1.54) is 6.26 Å². The van der Waals surface area contributed by atoms with E-state index in [9.17, 15) is 13.5 Å². The van der Waals surface area contributed by atoms with Gasteiger partial charge < -0.3 is 15.7 Å². The fraction of sp³-hybridized carbons (Fsp3) is 0.455. The van der Waals surface area contributed by atoms with Gasteiger partial charge in [0, 0.05) is 36.7 Å². The Bertz CT molecular complexity index is 1240. The van der Waals surface area contributed by atoms with E-state index < -0.39 is 9.84 Å². The van der Waals surface area contributed by atoms with Gasteiger partial charge in [0.15, 0.2) is 15.5 Å². The summed E-state index contributed by atoms with van der Waals surface area (Å²) in [7, 11) is -3.31. The number of piperidine rings is 1. The van der Waals surface area contributed by atoms with Crippen LogP contribution in [0.3, 0.4) is 0 Å². The minimum Gasteiger partial charge on any atom is -0.392 e. The molecule has 10 heteroatoms. The average molecular weight is 457 g/mol. The molecule has 3 heterocycles. The predicted octanol–water partition coefficient (Wildman–Crippen LogP) is 2.58. The first-order valence-electron chi connectivity index (χ1n) is 11.0. The molecule has 1 aromatic carbocycles. The fourth-order valence-electron chi connectivity index (χ4n) is 4.16. The number of rotatable bonds is 7. The van der Waals surface area contributed by atoms with Crippen molar-refractivity contribution in [3.63, 3.8) is 0 Å². The van der Waals surface area contributed by atoms with Gasteiger partial charge in [-0.1, -0.05) is 6.07 Å². The van der Waals surface area contributed by atoms with Crippen molar-refractivity contribution in [1.82, 2.24) is 19.5 Å². The van der Waals surface area contributed by atoms with E-state index in [2.05, 4.69) is 20.6 Å². The zero-order chi connectivity index (χ0) is 22.3. The SMILES string of the molecule is CS(=O)(=O)c1cccc(Nc2cc(NCN3CCC[C@@H](O)C3)nc3c(C4CC4)cnn23)c1. The van der Waals surface area contributed by atoms with Crippen LogP contribution in [-0.4, -0.2) is 65.1 Å². The molecular weight excluding hydrogens is 428 g/mol. The Kier molecular flexibility index (Phi) is 5.52. The van der Waals surface area contributed by atoms with Gasteiger partial charge >= 0.3 is 0 Å². The average Bonchev–Trinajstić information content (AvgIpc) is 3.51. The Labute approximate surface area is 187 Å². The van der Waals surface area contributed by atoms with Crippen LogP contribution in [0.15, 0.2) is 41.4 Å². The zero-order valence-electron chi connectivity index (χ0n) is 18.0. The van der Waals surface area contributed by atoms with E-state index in [4.69, 9.17) is 4.98 Å². The maximum atomic E-state index is 12.0. The topological polar surface area (TPSA) is 112 Å². The van der Waals surface area contributed by atoms with Crippen LogP contribution in [0.1, 0.15) is 37.2 Å². The van der Waals surface area contributed by atoms with Crippen LogP contribution in [0, 0.1) is 0 Å². The predicted molar refractivity (Wildman–Crippen MR) is 123 cm³/mol. The van der Waals surface area contributed by atoms with Crippen LogP contribution in [0.25, 0.3) is 5.65 Å². The van der Waals surface area contributed by atoms with Gasteiger partial charge in [-0.2, -0.15) is 9.61 Å². The van der Waals surface area contributed by atoms with Gasteiger partial charge in [0.2, 0.25) is 0 Å². The highest BCUT2D eigenvalue weighted by atomic mass is 32.2. The third kappa shape index (κ3) is 4.57. The summed E-state index contributed by atoms with van der Waals surface area (Å²) in [6, 6.07) is 8.63. The van der Waals surface area contributed by atoms with E-state index >= 15 is 0 Å². The number of aromatic nitrogens is 3. The van der Waals surface area contributed by atoms with E-state index in [1.54, 1.807) is 22.7 Å². The summed E-state index contributed by atoms with van der Waals surface area (Å²) in [6.45, 7) is 2.18. The zero-order valence-corrected chi connectivity index (χ0v) is 18.8. The molecule has 1 saturated heterocycles. The molecule has 0 bridgehead atoms. The van der Waals surface area contributed by atoms with Gasteiger partial charge in [0.05, 0.1) is 23.9 Å². The molecule has 2 aromatic heterocycles. The number of aliphatic hydroxyl groups excluding tert-OH is 1. The number of anilines is 3. The van der Waals surface area contributed by atoms with Crippen LogP contribution in [0.2, 0.25) is 0 Å². The molecule has 1 aliphatic heterocycles. The minimum atomic E-state index is -3.31. The number of fused-ring (bicyclic) bond motifs is 1. The molecule has 3 N–H and O–H groups in total. The van der Waals surface area contributed by atoms with E-state index in [0.29, 0.717) is 36.5 Å². The number of hydrogen-bond acceptors (Lipinski definition) is 8. The maximum Gasteiger partial charge on any atom is 0.175 e. The number of aliphatic hydroxyl groups is 1. The lowest BCUT2D eigenvalue weighted by atomic mass is 10.1. The lowest BCUT2D eigenvalue weighted by Crippen LogP contribution is -2.41. The molecular formula is C22H28N6O3S. The smallest absolute Gasteiger partial charge is 0.175 e. The van der Waals surface area contributed by atoms with E-state index in [0.717, 1.165) is 43.4 Å². The van der Waals surface area contributed by atoms with Crippen molar-refractivity contribution < 1.29 is 13.5 Å². The molecule has 0 spiro atoms. The molecule has 0 amide bonds. The summed E-state index contributed by atoms with van der Waals surface area (Å²) in [6.07, 6.45) is 6.91. The van der Waals surface area contributed by atoms with E-state index in [1.807, 2.05) is 18.3 Å². The number of β-amino-alcohol motifs (C(OH)–C–C–N with tert-alkyl or cyclic N) is 1. The van der Waals surface area contributed by atoms with Crippen LogP contribution in [0.5, 0.6) is 0 Å². The fourth-order valence-corrected chi connectivity index (χ4v) is 4.83. The molecule has 3 aromatic rings. The number of benzene rings is 1. The highest BCUT2D eigenvalue weighted by molar-refractivity contribution is 7.90. The molecule has 1 atom stereocenters. The Morgan fingerprint density at radius 3 is 2.81 bits per heavy atom. The van der Waals surface area contributed by atoms with Crippen LogP contribution >= 0.6 is 0 Å². The molecule has 5 rings (SSSR count). The number of hydrogen-bond donors (Lipinski definition) is 3. The summed E-state index contributed by atoms with van der Waals surface area (Å²) in [5, 5.41) is 21.2. The molecule has 1 saturated carbocycles. The third-order valence-electron chi connectivity index (χ3n) is 6.02. The maximum absolute atomic E-state index is 12.0. The van der Waals surface area contributed by atoms with E-state index in [-0.39, 0.29) is 11.0 Å². The molecule has 9 nitrogen and oxygen atoms in total. The van der Waals surface area contributed by atoms with Crippen LogP contribution in [0.4, 0.5) is 17.3 Å². The molecule has 2 fully saturated rings. The largest absolute Gasteiger partial charge is 0.392 e. The molecule has 170 valence electrons. The normalized spacial score (nSPS) is 19.9. The monoisotopic (exact) mass is 456 g/mol. The summed E-state index contributed by atoms with van der Waals surface area (Å²) in [5.41, 5.74) is 2.60. The van der Waals surface area contributed by atoms with Crippen molar-refractivity contribution in [2.24, 2.45) is 0 Å². The second kappa shape index (κ2) is 8.34. The van der Waals surface area contributed by atoms with Crippen molar-refractivity contribution >= 4 is 32.8 Å². The van der Waals surface area contributed by atoms with Crippen molar-refractivity contribution in [2.45, 2.75) is 42.6 Å². The summed E-state index contributed by atoms with van der Waals surface area (Å²) in [5.74, 6) is 1.91. The standard InChI is InChI=1S/C22H28N6O3S/c1-32(30,31)18-6-2-4-16(10-18)25-21-11-20(23-14-27-9-3-5-17(29)13-27)26-22-19(15-7-8-15)12-24-28(21)22/h2,4,6,10-12,15,17,25,29H,3,5,7-9,13-14H2,1H3,(H,23,26)/t17-/m1/s1. The Morgan fingerprint density at radius 2 is 2.06 bits per heavy atom. The van der Waals surface area contributed by atoms with Gasteiger partial charge in [-0.25, -0.2) is 13.4 Å². The first-order valence-corrected chi connectivity index (χ1v) is 12.9. The van der Waals surface area contributed by atoms with Gasteiger partial charge in [-0.15, -0.1) is 0 Å². The third-order valence-corrected chi connectivity index (χ3v) is 7.13. The quantitative estimate of drug-likeness (QED) is 0.497. The Morgan fingerprint density at radius 1 is 1.22 bits per heavy atom. The highest BCUT2D eigenvalue weighted by Gasteiger charge is 2.28. The number of sulfone groups is 1. The number of likely N-dealkylation sites (tertiary alicyclic amines) is 1. The number of nitrogens with one attached hydrogen (secondary N) is 2. The Balaban J connectivity index is 1.46. The molecule has 2 aliphatic rings. The van der Waals surface area contributed by atoms with Gasteiger partial charge in [-0.3, -0.25) is 4.90 Å². The van der Waals surface area contributed by atoms with Crippen LogP contribution < -0.4 is 10.6 Å².